The standard InChI is InChI=1S/C14H16BrNOS/c1-9-3-10(2)5-12(4-9)17-13(7-16)14-6-11(15)8-18-14/h3-6,8,13H,7,16H2,1-2H3. The van der Waals surface area contributed by atoms with Crippen LogP contribution in [-0.2, 0) is 0 Å². The SMILES string of the molecule is Cc1cc(C)cc(OC(CN)c2cc(Br)cs2)c1. The molecule has 1 unspecified atom stereocenters. The quantitative estimate of drug-likeness (QED) is 0.914. The predicted octanol–water partition coefficient (Wildman–Crippen LogP) is 4.21. The van der Waals surface area contributed by atoms with Crippen molar-refractivity contribution in [2.45, 2.75) is 20.0 Å². The highest BCUT2D eigenvalue weighted by molar-refractivity contribution is 9.10. The van der Waals surface area contributed by atoms with E-state index in [-0.39, 0.29) is 6.10 Å². The van der Waals surface area contributed by atoms with E-state index in [0.29, 0.717) is 6.54 Å². The summed E-state index contributed by atoms with van der Waals surface area (Å²) in [6.45, 7) is 4.61. The number of hydrogen-bond donors (Lipinski definition) is 1. The maximum atomic E-state index is 5.99. The Labute approximate surface area is 120 Å². The molecular formula is C14H16BrNOS. The molecular weight excluding hydrogens is 310 g/mol. The fourth-order valence-corrected chi connectivity index (χ4v) is 3.37. The molecule has 1 aromatic heterocycles. The van der Waals surface area contributed by atoms with Gasteiger partial charge < -0.3 is 10.5 Å². The first-order valence-electron chi connectivity index (χ1n) is 5.77. The van der Waals surface area contributed by atoms with Crippen LogP contribution in [0.15, 0.2) is 34.1 Å². The van der Waals surface area contributed by atoms with E-state index in [4.69, 9.17) is 10.5 Å². The Hall–Kier alpha value is -0.840. The van der Waals surface area contributed by atoms with Crippen molar-refractivity contribution in [3.63, 3.8) is 0 Å². The number of benzene rings is 1. The van der Waals surface area contributed by atoms with Gasteiger partial charge in [0.05, 0.1) is 0 Å². The molecule has 4 heteroatoms. The predicted molar refractivity (Wildman–Crippen MR) is 80.4 cm³/mol. The summed E-state index contributed by atoms with van der Waals surface area (Å²) in [5.74, 6) is 0.882. The summed E-state index contributed by atoms with van der Waals surface area (Å²) in [5, 5.41) is 2.04. The molecule has 0 radical (unpaired) electrons. The van der Waals surface area contributed by atoms with Crippen molar-refractivity contribution in [1.82, 2.24) is 0 Å². The third-order valence-electron chi connectivity index (χ3n) is 2.59. The smallest absolute Gasteiger partial charge is 0.145 e. The summed E-state index contributed by atoms with van der Waals surface area (Å²) in [5.41, 5.74) is 8.21. The summed E-state index contributed by atoms with van der Waals surface area (Å²) in [6, 6.07) is 8.27. The lowest BCUT2D eigenvalue weighted by molar-refractivity contribution is 0.218. The first-order chi connectivity index (χ1) is 8.58. The van der Waals surface area contributed by atoms with Gasteiger partial charge in [-0.2, -0.15) is 0 Å². The molecule has 0 saturated carbocycles. The summed E-state index contributed by atoms with van der Waals surface area (Å²) < 4.78 is 7.06. The number of thiophene rings is 1. The van der Waals surface area contributed by atoms with Crippen LogP contribution in [0.5, 0.6) is 5.75 Å². The van der Waals surface area contributed by atoms with Crippen molar-refractivity contribution in [3.8, 4) is 5.75 Å². The first kappa shape index (κ1) is 13.6. The Balaban J connectivity index is 2.20. The fraction of sp³-hybridized carbons (Fsp3) is 0.286. The molecule has 0 aliphatic rings. The second kappa shape index (κ2) is 5.87. The second-order valence-electron chi connectivity index (χ2n) is 4.33. The van der Waals surface area contributed by atoms with Crippen molar-refractivity contribution in [1.29, 1.82) is 0 Å². The number of hydrogen-bond acceptors (Lipinski definition) is 3. The van der Waals surface area contributed by atoms with Gasteiger partial charge in [-0.25, -0.2) is 0 Å². The fourth-order valence-electron chi connectivity index (χ4n) is 1.88. The molecule has 0 fully saturated rings. The van der Waals surface area contributed by atoms with Gasteiger partial charge in [0.15, 0.2) is 0 Å². The Morgan fingerprint density at radius 2 is 1.89 bits per heavy atom. The number of ether oxygens (including phenoxy) is 1. The normalized spacial score (nSPS) is 12.4. The van der Waals surface area contributed by atoms with Gasteiger partial charge in [0.2, 0.25) is 0 Å². The summed E-state index contributed by atoms with van der Waals surface area (Å²) in [6.07, 6.45) is -0.0810. The molecule has 0 spiro atoms. The van der Waals surface area contributed by atoms with Crippen LogP contribution in [0.3, 0.4) is 0 Å². The Morgan fingerprint density at radius 1 is 1.22 bits per heavy atom. The zero-order valence-electron chi connectivity index (χ0n) is 10.4. The third kappa shape index (κ3) is 3.34. The van der Waals surface area contributed by atoms with Crippen molar-refractivity contribution in [3.05, 3.63) is 50.1 Å². The Kier molecular flexibility index (Phi) is 4.43. The van der Waals surface area contributed by atoms with Crippen LogP contribution < -0.4 is 10.5 Å². The maximum absolute atomic E-state index is 5.99. The van der Waals surface area contributed by atoms with E-state index >= 15 is 0 Å². The lowest BCUT2D eigenvalue weighted by Gasteiger charge is -2.17. The highest BCUT2D eigenvalue weighted by atomic mass is 79.9. The Morgan fingerprint density at radius 3 is 2.39 bits per heavy atom. The van der Waals surface area contributed by atoms with Crippen LogP contribution in [0, 0.1) is 13.8 Å². The van der Waals surface area contributed by atoms with E-state index in [0.717, 1.165) is 15.1 Å². The molecule has 2 nitrogen and oxygen atoms in total. The molecule has 2 N–H and O–H groups in total. The van der Waals surface area contributed by atoms with E-state index in [1.54, 1.807) is 11.3 Å². The van der Waals surface area contributed by atoms with Crippen molar-refractivity contribution >= 4 is 27.3 Å². The monoisotopic (exact) mass is 325 g/mol. The lowest BCUT2D eigenvalue weighted by atomic mass is 10.1. The van der Waals surface area contributed by atoms with Gasteiger partial charge in [-0.05, 0) is 59.1 Å². The number of halogens is 1. The third-order valence-corrected chi connectivity index (χ3v) is 4.38. The van der Waals surface area contributed by atoms with E-state index in [1.807, 2.05) is 17.5 Å². The average Bonchev–Trinajstić information content (AvgIpc) is 2.71. The number of rotatable bonds is 4. The Bertz CT molecular complexity index is 518. The van der Waals surface area contributed by atoms with Crippen LogP contribution in [0.4, 0.5) is 0 Å². The van der Waals surface area contributed by atoms with E-state index in [9.17, 15) is 0 Å². The molecule has 0 aliphatic heterocycles. The highest BCUT2D eigenvalue weighted by Gasteiger charge is 2.14. The molecule has 0 saturated heterocycles. The van der Waals surface area contributed by atoms with E-state index in [1.165, 1.54) is 11.1 Å². The number of aryl methyl sites for hydroxylation is 2. The molecule has 2 aromatic rings. The first-order valence-corrected chi connectivity index (χ1v) is 7.44. The molecule has 0 amide bonds. The molecule has 0 bridgehead atoms. The largest absolute Gasteiger partial charge is 0.484 e. The van der Waals surface area contributed by atoms with Crippen molar-refractivity contribution in [2.75, 3.05) is 6.54 Å². The van der Waals surface area contributed by atoms with Crippen LogP contribution in [-0.4, -0.2) is 6.54 Å². The topological polar surface area (TPSA) is 35.2 Å². The van der Waals surface area contributed by atoms with Crippen molar-refractivity contribution < 1.29 is 4.74 Å². The second-order valence-corrected chi connectivity index (χ2v) is 6.19. The highest BCUT2D eigenvalue weighted by Crippen LogP contribution is 2.29. The van der Waals surface area contributed by atoms with Crippen LogP contribution in [0.2, 0.25) is 0 Å². The molecule has 96 valence electrons. The minimum Gasteiger partial charge on any atom is -0.484 e. The zero-order valence-corrected chi connectivity index (χ0v) is 12.8. The van der Waals surface area contributed by atoms with Gasteiger partial charge in [0.25, 0.3) is 0 Å². The number of nitrogens with two attached hydrogens (primary N) is 1. The minimum absolute atomic E-state index is 0.0810. The van der Waals surface area contributed by atoms with Gasteiger partial charge in [0.1, 0.15) is 11.9 Å². The zero-order chi connectivity index (χ0) is 13.1. The average molecular weight is 326 g/mol. The van der Waals surface area contributed by atoms with Gasteiger partial charge in [-0.1, -0.05) is 6.07 Å². The van der Waals surface area contributed by atoms with Crippen LogP contribution in [0.1, 0.15) is 22.1 Å². The van der Waals surface area contributed by atoms with Gasteiger partial charge >= 0.3 is 0 Å². The summed E-state index contributed by atoms with van der Waals surface area (Å²) in [7, 11) is 0. The van der Waals surface area contributed by atoms with E-state index in [2.05, 4.69) is 41.9 Å². The molecule has 0 aliphatic carbocycles. The molecule has 1 heterocycles. The maximum Gasteiger partial charge on any atom is 0.145 e. The summed E-state index contributed by atoms with van der Waals surface area (Å²) >= 11 is 5.11. The molecule has 1 atom stereocenters. The molecule has 1 aromatic carbocycles. The lowest BCUT2D eigenvalue weighted by Crippen LogP contribution is -2.17. The molecule has 2 rings (SSSR count). The van der Waals surface area contributed by atoms with Gasteiger partial charge in [-0.15, -0.1) is 11.3 Å². The van der Waals surface area contributed by atoms with Crippen molar-refractivity contribution in [2.24, 2.45) is 5.73 Å². The van der Waals surface area contributed by atoms with Gasteiger partial charge in [0, 0.05) is 21.3 Å². The van der Waals surface area contributed by atoms with E-state index < -0.39 is 0 Å². The minimum atomic E-state index is -0.0810. The van der Waals surface area contributed by atoms with Crippen LogP contribution >= 0.6 is 27.3 Å². The van der Waals surface area contributed by atoms with Gasteiger partial charge in [-0.3, -0.25) is 0 Å². The van der Waals surface area contributed by atoms with Crippen LogP contribution in [0.25, 0.3) is 0 Å². The molecule has 18 heavy (non-hydrogen) atoms. The summed E-state index contributed by atoms with van der Waals surface area (Å²) in [4.78, 5) is 1.14.